The maximum Gasteiger partial charge on any atom is 0.131 e. The Labute approximate surface area is 130 Å². The van der Waals surface area contributed by atoms with Crippen molar-refractivity contribution in [1.29, 1.82) is 0 Å². The third-order valence-electron chi connectivity index (χ3n) is 3.99. The van der Waals surface area contributed by atoms with Crippen LogP contribution in [0, 0.1) is 0 Å². The first-order valence-electron chi connectivity index (χ1n) is 7.54. The van der Waals surface area contributed by atoms with Gasteiger partial charge < -0.3 is 10.1 Å². The first kappa shape index (κ1) is 14.5. The largest absolute Gasteiger partial charge is 0.487 e. The van der Waals surface area contributed by atoms with E-state index in [1.807, 2.05) is 7.05 Å². The van der Waals surface area contributed by atoms with Gasteiger partial charge in [0.25, 0.3) is 0 Å². The van der Waals surface area contributed by atoms with Crippen LogP contribution < -0.4 is 10.1 Å². The average molecular weight is 302 g/mol. The molecule has 0 spiro atoms. The van der Waals surface area contributed by atoms with Gasteiger partial charge in [0.2, 0.25) is 0 Å². The van der Waals surface area contributed by atoms with E-state index in [4.69, 9.17) is 4.74 Å². The number of aryl methyl sites for hydroxylation is 1. The summed E-state index contributed by atoms with van der Waals surface area (Å²) in [6.07, 6.45) is 2.31. The summed E-state index contributed by atoms with van der Waals surface area (Å²) in [7, 11) is 2.03. The fourth-order valence-electron chi connectivity index (χ4n) is 2.79. The van der Waals surface area contributed by atoms with E-state index < -0.39 is 0 Å². The lowest BCUT2D eigenvalue weighted by atomic mass is 10.1. The Hall–Kier alpha value is -1.39. The molecule has 0 saturated carbocycles. The molecular weight excluding hydrogens is 280 g/mol. The van der Waals surface area contributed by atoms with Crippen LogP contribution in [-0.4, -0.2) is 12.0 Å². The van der Waals surface area contributed by atoms with Gasteiger partial charge in [0.1, 0.15) is 12.4 Å². The Morgan fingerprint density at radius 2 is 2.29 bits per heavy atom. The van der Waals surface area contributed by atoms with Crippen molar-refractivity contribution in [2.75, 3.05) is 7.05 Å². The Kier molecular flexibility index (Phi) is 4.27. The maximum atomic E-state index is 5.90. The van der Waals surface area contributed by atoms with Crippen LogP contribution in [0.15, 0.2) is 23.6 Å². The smallest absolute Gasteiger partial charge is 0.131 e. The predicted octanol–water partition coefficient (Wildman–Crippen LogP) is 4.05. The molecule has 1 aliphatic carbocycles. The molecule has 21 heavy (non-hydrogen) atoms. The highest BCUT2D eigenvalue weighted by atomic mass is 32.1. The molecule has 2 aromatic rings. The minimum Gasteiger partial charge on any atom is -0.487 e. The molecule has 1 aliphatic rings. The van der Waals surface area contributed by atoms with Crippen LogP contribution in [0.5, 0.6) is 5.75 Å². The number of nitrogens with one attached hydrogen (secondary N) is 1. The lowest BCUT2D eigenvalue weighted by molar-refractivity contribution is 0.301. The molecule has 4 heteroatoms. The van der Waals surface area contributed by atoms with Gasteiger partial charge >= 0.3 is 0 Å². The Morgan fingerprint density at radius 3 is 3.00 bits per heavy atom. The zero-order valence-electron chi connectivity index (χ0n) is 12.8. The van der Waals surface area contributed by atoms with Crippen molar-refractivity contribution in [1.82, 2.24) is 10.3 Å². The van der Waals surface area contributed by atoms with Crippen LogP contribution in [0.1, 0.15) is 54.1 Å². The fourth-order valence-corrected chi connectivity index (χ4v) is 3.61. The maximum absolute atomic E-state index is 5.90. The van der Waals surface area contributed by atoms with E-state index >= 15 is 0 Å². The van der Waals surface area contributed by atoms with Crippen molar-refractivity contribution < 1.29 is 4.74 Å². The number of aromatic nitrogens is 1. The van der Waals surface area contributed by atoms with Crippen LogP contribution in [0.3, 0.4) is 0 Å². The van der Waals surface area contributed by atoms with E-state index in [1.54, 1.807) is 11.3 Å². The van der Waals surface area contributed by atoms with Gasteiger partial charge in [-0.25, -0.2) is 4.98 Å². The monoisotopic (exact) mass is 302 g/mol. The second kappa shape index (κ2) is 6.16. The van der Waals surface area contributed by atoms with Crippen LogP contribution in [-0.2, 0) is 13.0 Å². The molecule has 1 aromatic carbocycles. The average Bonchev–Trinajstić information content (AvgIpc) is 3.11. The van der Waals surface area contributed by atoms with Gasteiger partial charge in [-0.3, -0.25) is 0 Å². The molecule has 1 unspecified atom stereocenters. The van der Waals surface area contributed by atoms with Crippen molar-refractivity contribution >= 4 is 11.3 Å². The van der Waals surface area contributed by atoms with Crippen LogP contribution in [0.4, 0.5) is 0 Å². The standard InChI is InChI=1S/C17H22N2OS/c1-11(2)17-19-13(10-21-17)9-20-14-5-6-15-12(8-14)4-7-16(15)18-3/h5-6,8,10-11,16,18H,4,7,9H2,1-3H3. The van der Waals surface area contributed by atoms with E-state index in [2.05, 4.69) is 47.7 Å². The highest BCUT2D eigenvalue weighted by molar-refractivity contribution is 7.09. The zero-order valence-corrected chi connectivity index (χ0v) is 13.7. The fraction of sp³-hybridized carbons (Fsp3) is 0.471. The van der Waals surface area contributed by atoms with Crippen molar-refractivity contribution in [2.24, 2.45) is 0 Å². The Balaban J connectivity index is 1.66. The zero-order chi connectivity index (χ0) is 14.8. The number of rotatable bonds is 5. The normalized spacial score (nSPS) is 17.2. The van der Waals surface area contributed by atoms with Gasteiger partial charge in [-0.05, 0) is 43.1 Å². The van der Waals surface area contributed by atoms with E-state index in [0.717, 1.165) is 17.9 Å². The molecular formula is C17H22N2OS. The molecule has 0 radical (unpaired) electrons. The van der Waals surface area contributed by atoms with E-state index in [0.29, 0.717) is 18.6 Å². The van der Waals surface area contributed by atoms with E-state index in [1.165, 1.54) is 22.6 Å². The first-order chi connectivity index (χ1) is 10.2. The van der Waals surface area contributed by atoms with Gasteiger partial charge in [-0.2, -0.15) is 0 Å². The minimum absolute atomic E-state index is 0.488. The van der Waals surface area contributed by atoms with Crippen LogP contribution >= 0.6 is 11.3 Å². The number of benzene rings is 1. The summed E-state index contributed by atoms with van der Waals surface area (Å²) in [4.78, 5) is 4.61. The minimum atomic E-state index is 0.488. The number of hydrogen-bond acceptors (Lipinski definition) is 4. The number of thiazole rings is 1. The number of nitrogens with zero attached hydrogens (tertiary/aromatic N) is 1. The summed E-state index contributed by atoms with van der Waals surface area (Å²) in [6, 6.07) is 6.95. The van der Waals surface area contributed by atoms with Crippen molar-refractivity contribution in [3.8, 4) is 5.75 Å². The molecule has 0 bridgehead atoms. The van der Waals surface area contributed by atoms with Crippen molar-refractivity contribution in [2.45, 2.75) is 45.3 Å². The molecule has 3 rings (SSSR count). The number of fused-ring (bicyclic) bond motifs is 1. The Morgan fingerprint density at radius 1 is 1.43 bits per heavy atom. The number of hydrogen-bond donors (Lipinski definition) is 1. The SMILES string of the molecule is CNC1CCc2cc(OCc3csc(C(C)C)n3)ccc21. The molecule has 1 atom stereocenters. The molecule has 1 aromatic heterocycles. The molecule has 0 saturated heterocycles. The third kappa shape index (κ3) is 3.11. The van der Waals surface area contributed by atoms with E-state index in [-0.39, 0.29) is 0 Å². The van der Waals surface area contributed by atoms with Crippen molar-refractivity contribution in [3.05, 3.63) is 45.4 Å². The highest BCUT2D eigenvalue weighted by Crippen LogP contribution is 2.33. The molecule has 3 nitrogen and oxygen atoms in total. The molecule has 0 fully saturated rings. The number of ether oxygens (including phenoxy) is 1. The quantitative estimate of drug-likeness (QED) is 0.904. The molecule has 1 N–H and O–H groups in total. The predicted molar refractivity (Wildman–Crippen MR) is 87.1 cm³/mol. The summed E-state index contributed by atoms with van der Waals surface area (Å²) in [5, 5.41) is 6.64. The van der Waals surface area contributed by atoms with Gasteiger partial charge in [-0.15, -0.1) is 11.3 Å². The summed E-state index contributed by atoms with van der Waals surface area (Å²) < 4.78 is 5.90. The lowest BCUT2D eigenvalue weighted by Gasteiger charge is -2.11. The summed E-state index contributed by atoms with van der Waals surface area (Å²) in [5.41, 5.74) is 3.85. The topological polar surface area (TPSA) is 34.1 Å². The van der Waals surface area contributed by atoms with Crippen LogP contribution in [0.2, 0.25) is 0 Å². The molecule has 0 amide bonds. The molecule has 1 heterocycles. The van der Waals surface area contributed by atoms with Gasteiger partial charge in [0.15, 0.2) is 0 Å². The Bertz CT molecular complexity index is 621. The molecule has 112 valence electrons. The lowest BCUT2D eigenvalue weighted by Crippen LogP contribution is -2.12. The first-order valence-corrected chi connectivity index (χ1v) is 8.42. The summed E-state index contributed by atoms with van der Waals surface area (Å²) in [5.74, 6) is 1.44. The van der Waals surface area contributed by atoms with Crippen molar-refractivity contribution in [3.63, 3.8) is 0 Å². The summed E-state index contributed by atoms with van der Waals surface area (Å²) in [6.45, 7) is 4.89. The van der Waals surface area contributed by atoms with Crippen LogP contribution in [0.25, 0.3) is 0 Å². The van der Waals surface area contributed by atoms with E-state index in [9.17, 15) is 0 Å². The second-order valence-corrected chi connectivity index (χ2v) is 6.75. The molecule has 0 aliphatic heterocycles. The van der Waals surface area contributed by atoms with Gasteiger partial charge in [0, 0.05) is 17.3 Å². The third-order valence-corrected chi connectivity index (χ3v) is 5.18. The second-order valence-electron chi connectivity index (χ2n) is 5.86. The van der Waals surface area contributed by atoms with Gasteiger partial charge in [-0.1, -0.05) is 19.9 Å². The highest BCUT2D eigenvalue weighted by Gasteiger charge is 2.21. The summed E-state index contributed by atoms with van der Waals surface area (Å²) >= 11 is 1.72. The van der Waals surface area contributed by atoms with Gasteiger partial charge in [0.05, 0.1) is 10.7 Å².